The van der Waals surface area contributed by atoms with Gasteiger partial charge in [-0.3, -0.25) is 14.4 Å². The summed E-state index contributed by atoms with van der Waals surface area (Å²) in [5, 5.41) is 10.8. The molecule has 1 saturated heterocycles. The zero-order valence-corrected chi connectivity index (χ0v) is 26.7. The Hall–Kier alpha value is -4.75. The molecule has 0 radical (unpaired) electrons. The van der Waals surface area contributed by atoms with E-state index in [1.54, 1.807) is 24.4 Å². The molecular formula is C33H35ClF2N6O5. The standard InChI is InChI=1S/C33H35ClF2N6O5/c1-3-42-23(10-13-38-42)18-37-28-16-21(33(44)45-2)4-7-27(28)39-31(43)19-41-14-11-24(12-15-41)47-32-9-6-25(35)29(40-32)20-46-30-8-5-22(34)17-26(30)36/h4-10,13,16-17,24,37H,3,11-12,14-15,18-20H2,1-2H3,(H,39,43). The second-order valence-electron chi connectivity index (χ2n) is 10.8. The first-order valence-electron chi connectivity index (χ1n) is 15.1. The average molecular weight is 669 g/mol. The number of piperidine rings is 1. The number of amides is 1. The minimum atomic E-state index is -0.657. The molecule has 0 aliphatic carbocycles. The van der Waals surface area contributed by atoms with E-state index >= 15 is 0 Å². The summed E-state index contributed by atoms with van der Waals surface area (Å²) in [5.41, 5.74) is 2.39. The Kier molecular flexibility index (Phi) is 11.2. The van der Waals surface area contributed by atoms with E-state index in [0.717, 1.165) is 11.8 Å². The number of aromatic nitrogens is 3. The molecule has 11 nitrogen and oxygen atoms in total. The maximum absolute atomic E-state index is 14.4. The molecule has 0 bridgehead atoms. The van der Waals surface area contributed by atoms with Crippen molar-refractivity contribution in [2.45, 2.75) is 45.6 Å². The molecule has 1 amide bonds. The minimum Gasteiger partial charge on any atom is -0.484 e. The lowest BCUT2D eigenvalue weighted by Gasteiger charge is -2.31. The van der Waals surface area contributed by atoms with Gasteiger partial charge in [0.25, 0.3) is 0 Å². The number of nitrogens with zero attached hydrogens (tertiary/aromatic N) is 4. The summed E-state index contributed by atoms with van der Waals surface area (Å²) in [6.45, 7) is 4.20. The monoisotopic (exact) mass is 668 g/mol. The average Bonchev–Trinajstić information content (AvgIpc) is 3.53. The van der Waals surface area contributed by atoms with Crippen molar-refractivity contribution in [1.29, 1.82) is 0 Å². The number of ether oxygens (including phenoxy) is 3. The second kappa shape index (κ2) is 15.7. The first-order valence-corrected chi connectivity index (χ1v) is 15.5. The molecule has 2 aromatic carbocycles. The number of hydrogen-bond acceptors (Lipinski definition) is 9. The zero-order chi connectivity index (χ0) is 33.3. The van der Waals surface area contributed by atoms with Crippen LogP contribution in [-0.2, 0) is 29.2 Å². The second-order valence-corrected chi connectivity index (χ2v) is 11.3. The van der Waals surface area contributed by atoms with Gasteiger partial charge < -0.3 is 24.8 Å². The molecule has 2 aromatic heterocycles. The molecule has 2 N–H and O–H groups in total. The van der Waals surface area contributed by atoms with Gasteiger partial charge in [-0.25, -0.2) is 18.6 Å². The summed E-state index contributed by atoms with van der Waals surface area (Å²) >= 11 is 5.77. The van der Waals surface area contributed by atoms with Crippen LogP contribution < -0.4 is 20.1 Å². The molecule has 0 saturated carbocycles. The van der Waals surface area contributed by atoms with E-state index in [0.29, 0.717) is 56.0 Å². The largest absolute Gasteiger partial charge is 0.484 e. The van der Waals surface area contributed by atoms with Crippen LogP contribution in [0.3, 0.4) is 0 Å². The quantitative estimate of drug-likeness (QED) is 0.173. The molecule has 4 aromatic rings. The van der Waals surface area contributed by atoms with Gasteiger partial charge in [-0.15, -0.1) is 0 Å². The lowest BCUT2D eigenvalue weighted by molar-refractivity contribution is -0.117. The third-order valence-electron chi connectivity index (χ3n) is 7.62. The van der Waals surface area contributed by atoms with Crippen LogP contribution in [0.25, 0.3) is 0 Å². The molecule has 0 atom stereocenters. The summed E-state index contributed by atoms with van der Waals surface area (Å²) in [5.74, 6) is -1.78. The first-order chi connectivity index (χ1) is 22.7. The van der Waals surface area contributed by atoms with Crippen LogP contribution in [-0.4, -0.2) is 64.4 Å². The Bertz CT molecular complexity index is 1710. The van der Waals surface area contributed by atoms with Gasteiger partial charge in [0.05, 0.1) is 42.8 Å². The number of anilines is 2. The van der Waals surface area contributed by atoms with Gasteiger partial charge in [0, 0.05) is 36.9 Å². The number of aryl methyl sites for hydroxylation is 1. The van der Waals surface area contributed by atoms with Crippen LogP contribution in [0.5, 0.6) is 11.6 Å². The van der Waals surface area contributed by atoms with Gasteiger partial charge >= 0.3 is 5.97 Å². The maximum Gasteiger partial charge on any atom is 0.337 e. The first kappa shape index (κ1) is 33.6. The highest BCUT2D eigenvalue weighted by molar-refractivity contribution is 6.30. The molecule has 1 fully saturated rings. The SMILES string of the molecule is CCn1nccc1CNc1cc(C(=O)OC)ccc1NC(=O)CN1CCC(Oc2ccc(F)c(COc3ccc(Cl)cc3F)n2)CC1. The van der Waals surface area contributed by atoms with Gasteiger partial charge in [-0.1, -0.05) is 11.6 Å². The summed E-state index contributed by atoms with van der Waals surface area (Å²) < 4.78 is 46.6. The molecule has 0 unspecified atom stereocenters. The van der Waals surface area contributed by atoms with Gasteiger partial charge in [0.2, 0.25) is 11.8 Å². The van der Waals surface area contributed by atoms with Crippen LogP contribution in [0, 0.1) is 11.6 Å². The minimum absolute atomic E-state index is 0.0181. The third kappa shape index (κ3) is 8.95. The van der Waals surface area contributed by atoms with Crippen molar-refractivity contribution in [3.05, 3.63) is 94.4 Å². The third-order valence-corrected chi connectivity index (χ3v) is 7.85. The molecular weight excluding hydrogens is 634 g/mol. The van der Waals surface area contributed by atoms with E-state index < -0.39 is 17.6 Å². The van der Waals surface area contributed by atoms with Crippen LogP contribution in [0.1, 0.15) is 41.5 Å². The predicted octanol–water partition coefficient (Wildman–Crippen LogP) is 5.69. The van der Waals surface area contributed by atoms with E-state index in [4.69, 9.17) is 25.8 Å². The molecule has 5 rings (SSSR count). The predicted molar refractivity (Wildman–Crippen MR) is 172 cm³/mol. The van der Waals surface area contributed by atoms with Crippen molar-refractivity contribution in [2.24, 2.45) is 0 Å². The Morgan fingerprint density at radius 3 is 2.57 bits per heavy atom. The van der Waals surface area contributed by atoms with Gasteiger partial charge in [0.1, 0.15) is 24.2 Å². The van der Waals surface area contributed by atoms with E-state index in [1.807, 2.05) is 22.6 Å². The summed E-state index contributed by atoms with van der Waals surface area (Å²) in [6, 6.07) is 13.4. The molecule has 47 heavy (non-hydrogen) atoms. The number of carbonyl (C=O) groups excluding carboxylic acids is 2. The smallest absolute Gasteiger partial charge is 0.337 e. The molecule has 14 heteroatoms. The molecule has 248 valence electrons. The van der Waals surface area contributed by atoms with Crippen LogP contribution >= 0.6 is 11.6 Å². The number of pyridine rings is 1. The fourth-order valence-electron chi connectivity index (χ4n) is 5.14. The van der Waals surface area contributed by atoms with Crippen LogP contribution in [0.4, 0.5) is 20.2 Å². The lowest BCUT2D eigenvalue weighted by Crippen LogP contribution is -2.42. The number of carbonyl (C=O) groups is 2. The molecule has 0 spiro atoms. The Balaban J connectivity index is 1.13. The van der Waals surface area contributed by atoms with E-state index in [-0.39, 0.29) is 47.5 Å². The van der Waals surface area contributed by atoms with Crippen molar-refractivity contribution in [1.82, 2.24) is 19.7 Å². The number of halogens is 3. The number of methoxy groups -OCH3 is 1. The van der Waals surface area contributed by atoms with Crippen molar-refractivity contribution in [3.8, 4) is 11.6 Å². The number of benzene rings is 2. The van der Waals surface area contributed by atoms with Crippen molar-refractivity contribution in [3.63, 3.8) is 0 Å². The topological polar surface area (TPSA) is 120 Å². The Labute approximate surface area is 275 Å². The van der Waals surface area contributed by atoms with E-state index in [2.05, 4.69) is 20.7 Å². The van der Waals surface area contributed by atoms with Crippen molar-refractivity contribution >= 4 is 34.9 Å². The van der Waals surface area contributed by atoms with Crippen LogP contribution in [0.15, 0.2) is 60.8 Å². The summed E-state index contributed by atoms with van der Waals surface area (Å²) in [7, 11) is 1.31. The fraction of sp³-hybridized carbons (Fsp3) is 0.333. The number of esters is 1. The Morgan fingerprint density at radius 1 is 1.02 bits per heavy atom. The fourth-order valence-corrected chi connectivity index (χ4v) is 5.30. The van der Waals surface area contributed by atoms with Crippen molar-refractivity contribution in [2.75, 3.05) is 37.4 Å². The zero-order valence-electron chi connectivity index (χ0n) is 26.0. The van der Waals surface area contributed by atoms with E-state index in [9.17, 15) is 18.4 Å². The van der Waals surface area contributed by atoms with Gasteiger partial charge in [-0.2, -0.15) is 5.10 Å². The van der Waals surface area contributed by atoms with Crippen molar-refractivity contribution < 1.29 is 32.6 Å². The molecule has 1 aliphatic rings. The maximum atomic E-state index is 14.4. The normalized spacial score (nSPS) is 13.6. The van der Waals surface area contributed by atoms with Gasteiger partial charge in [-0.05, 0) is 68.3 Å². The van der Waals surface area contributed by atoms with E-state index in [1.165, 1.54) is 31.4 Å². The summed E-state index contributed by atoms with van der Waals surface area (Å²) in [6.07, 6.45) is 2.78. The highest BCUT2D eigenvalue weighted by atomic mass is 35.5. The molecule has 1 aliphatic heterocycles. The highest BCUT2D eigenvalue weighted by Crippen LogP contribution is 2.26. The number of likely N-dealkylation sites (tertiary alicyclic amines) is 1. The number of rotatable bonds is 13. The number of nitrogens with one attached hydrogen (secondary N) is 2. The molecule has 3 heterocycles. The Morgan fingerprint density at radius 2 is 1.83 bits per heavy atom. The number of hydrogen-bond donors (Lipinski definition) is 2. The summed E-state index contributed by atoms with van der Waals surface area (Å²) in [4.78, 5) is 31.5. The lowest BCUT2D eigenvalue weighted by atomic mass is 10.1. The van der Waals surface area contributed by atoms with Gasteiger partial charge in [0.15, 0.2) is 11.6 Å². The van der Waals surface area contributed by atoms with Crippen LogP contribution in [0.2, 0.25) is 5.02 Å². The highest BCUT2D eigenvalue weighted by Gasteiger charge is 2.23.